The summed E-state index contributed by atoms with van der Waals surface area (Å²) in [5, 5.41) is 8.83. The average molecular weight is 447 g/mol. The Balaban J connectivity index is 1.24. The quantitative estimate of drug-likeness (QED) is 0.609. The highest BCUT2D eigenvalue weighted by atomic mass is 32.1. The van der Waals surface area contributed by atoms with Crippen LogP contribution in [0.4, 0.5) is 0 Å². The molecule has 164 valence electrons. The number of nitrogens with zero attached hydrogens (tertiary/aromatic N) is 2. The number of rotatable bonds is 6. The van der Waals surface area contributed by atoms with Gasteiger partial charge in [0, 0.05) is 39.3 Å². The third-order valence-corrected chi connectivity index (χ3v) is 8.44. The molecule has 0 amide bonds. The van der Waals surface area contributed by atoms with Crippen molar-refractivity contribution in [3.8, 4) is 0 Å². The summed E-state index contributed by atoms with van der Waals surface area (Å²) in [6.07, 6.45) is 5.14. The normalized spacial score (nSPS) is 32.7. The lowest BCUT2D eigenvalue weighted by Gasteiger charge is -2.51. The van der Waals surface area contributed by atoms with Crippen molar-refractivity contribution in [3.05, 3.63) is 44.8 Å². The van der Waals surface area contributed by atoms with Gasteiger partial charge in [0.05, 0.1) is 24.4 Å². The minimum Gasteiger partial charge on any atom is -0.368 e. The Kier molecular flexibility index (Phi) is 6.33. The van der Waals surface area contributed by atoms with Crippen molar-refractivity contribution in [2.24, 2.45) is 5.41 Å². The summed E-state index contributed by atoms with van der Waals surface area (Å²) in [5.41, 5.74) is 3.13. The summed E-state index contributed by atoms with van der Waals surface area (Å²) in [4.78, 5) is 5.38. The van der Waals surface area contributed by atoms with Gasteiger partial charge in [-0.05, 0) is 76.9 Å². The van der Waals surface area contributed by atoms with Gasteiger partial charge in [-0.25, -0.2) is 0 Å². The summed E-state index contributed by atoms with van der Waals surface area (Å²) in [7, 11) is 0. The van der Waals surface area contributed by atoms with Gasteiger partial charge in [-0.1, -0.05) is 6.42 Å². The van der Waals surface area contributed by atoms with E-state index in [0.717, 1.165) is 26.2 Å². The van der Waals surface area contributed by atoms with Gasteiger partial charge in [0.1, 0.15) is 0 Å². The minimum atomic E-state index is 0.225. The van der Waals surface area contributed by atoms with Crippen LogP contribution in [-0.2, 0) is 9.47 Å². The van der Waals surface area contributed by atoms with Crippen LogP contribution in [0.1, 0.15) is 56.4 Å². The molecule has 0 unspecified atom stereocenters. The molecule has 2 saturated heterocycles. The van der Waals surface area contributed by atoms with Crippen LogP contribution in [0.25, 0.3) is 0 Å². The molecule has 4 nitrogen and oxygen atoms in total. The van der Waals surface area contributed by atoms with Crippen molar-refractivity contribution in [1.82, 2.24) is 9.80 Å². The molecule has 0 bridgehead atoms. The lowest BCUT2D eigenvalue weighted by Crippen LogP contribution is -2.55. The summed E-state index contributed by atoms with van der Waals surface area (Å²) in [5.74, 6) is 0. The highest BCUT2D eigenvalue weighted by Crippen LogP contribution is 2.44. The van der Waals surface area contributed by atoms with E-state index in [9.17, 15) is 0 Å². The first-order valence-electron chi connectivity index (χ1n) is 11.4. The lowest BCUT2D eigenvalue weighted by molar-refractivity contribution is -0.114. The fourth-order valence-corrected chi connectivity index (χ4v) is 7.02. The Morgan fingerprint density at radius 2 is 1.33 bits per heavy atom. The summed E-state index contributed by atoms with van der Waals surface area (Å²) in [6, 6.07) is 4.45. The molecular formula is C24H34N2O2S2. The van der Waals surface area contributed by atoms with E-state index in [0.29, 0.717) is 17.6 Å². The highest BCUT2D eigenvalue weighted by molar-refractivity contribution is 7.08. The number of ether oxygens (including phenoxy) is 2. The predicted molar refractivity (Wildman–Crippen MR) is 124 cm³/mol. The first-order valence-corrected chi connectivity index (χ1v) is 13.3. The molecule has 0 N–H and O–H groups in total. The van der Waals surface area contributed by atoms with Gasteiger partial charge in [-0.15, -0.1) is 0 Å². The number of hydrogen-bond acceptors (Lipinski definition) is 6. The van der Waals surface area contributed by atoms with Crippen molar-refractivity contribution in [2.45, 2.75) is 57.5 Å². The number of hydrogen-bond donors (Lipinski definition) is 0. The van der Waals surface area contributed by atoms with E-state index in [1.165, 1.54) is 43.5 Å². The molecule has 6 heteroatoms. The minimum absolute atomic E-state index is 0.225. The van der Waals surface area contributed by atoms with Crippen LogP contribution >= 0.6 is 22.7 Å². The fraction of sp³-hybridized carbons (Fsp3) is 0.667. The summed E-state index contributed by atoms with van der Waals surface area (Å²) >= 11 is 3.54. The van der Waals surface area contributed by atoms with E-state index in [1.807, 2.05) is 0 Å². The molecule has 0 aromatic carbocycles. The van der Waals surface area contributed by atoms with E-state index in [2.05, 4.69) is 57.3 Å². The molecule has 3 aliphatic rings. The molecule has 3 fully saturated rings. The maximum absolute atomic E-state index is 6.29. The van der Waals surface area contributed by atoms with Gasteiger partial charge in [0.25, 0.3) is 0 Å². The van der Waals surface area contributed by atoms with Crippen LogP contribution in [0.3, 0.4) is 0 Å². The second-order valence-corrected chi connectivity index (χ2v) is 11.3. The topological polar surface area (TPSA) is 24.9 Å². The highest BCUT2D eigenvalue weighted by Gasteiger charge is 2.43. The molecule has 2 aromatic rings. The molecule has 0 radical (unpaired) electrons. The Labute approximate surface area is 188 Å². The molecule has 4 atom stereocenters. The first kappa shape index (κ1) is 21.1. The zero-order valence-electron chi connectivity index (χ0n) is 18.2. The molecule has 1 aliphatic carbocycles. The fourth-order valence-electron chi connectivity index (χ4n) is 5.61. The first-order chi connectivity index (χ1) is 14.6. The van der Waals surface area contributed by atoms with Gasteiger partial charge in [-0.2, -0.15) is 22.7 Å². The lowest BCUT2D eigenvalue weighted by atomic mass is 9.67. The van der Waals surface area contributed by atoms with E-state index >= 15 is 0 Å². The van der Waals surface area contributed by atoms with Crippen molar-refractivity contribution in [2.75, 3.05) is 39.3 Å². The van der Waals surface area contributed by atoms with Crippen LogP contribution in [0.5, 0.6) is 0 Å². The van der Waals surface area contributed by atoms with Gasteiger partial charge < -0.3 is 9.47 Å². The van der Waals surface area contributed by atoms with E-state index in [1.54, 1.807) is 22.7 Å². The molecule has 2 aromatic heterocycles. The number of morpholine rings is 2. The Morgan fingerprint density at radius 3 is 1.70 bits per heavy atom. The smallest absolute Gasteiger partial charge is 0.0964 e. The molecule has 0 spiro atoms. The second-order valence-electron chi connectivity index (χ2n) is 9.73. The van der Waals surface area contributed by atoms with Gasteiger partial charge in [-0.3, -0.25) is 9.80 Å². The van der Waals surface area contributed by atoms with Gasteiger partial charge in [0.15, 0.2) is 0 Å². The van der Waals surface area contributed by atoms with E-state index in [-0.39, 0.29) is 12.2 Å². The third kappa shape index (κ3) is 4.69. The van der Waals surface area contributed by atoms with Crippen LogP contribution in [0, 0.1) is 5.41 Å². The molecule has 2 aliphatic heterocycles. The number of thiophene rings is 2. The van der Waals surface area contributed by atoms with Crippen LogP contribution < -0.4 is 0 Å². The maximum atomic E-state index is 6.29. The predicted octanol–water partition coefficient (Wildman–Crippen LogP) is 5.20. The second kappa shape index (κ2) is 9.00. The molecule has 1 saturated carbocycles. The van der Waals surface area contributed by atoms with Crippen molar-refractivity contribution >= 4 is 22.7 Å². The van der Waals surface area contributed by atoms with Crippen LogP contribution in [-0.4, -0.2) is 61.3 Å². The van der Waals surface area contributed by atoms with Crippen LogP contribution in [0.2, 0.25) is 0 Å². The van der Waals surface area contributed by atoms with Gasteiger partial charge in [0.2, 0.25) is 0 Å². The zero-order valence-corrected chi connectivity index (χ0v) is 19.8. The Hall–Kier alpha value is -0.760. The Morgan fingerprint density at radius 1 is 0.833 bits per heavy atom. The zero-order chi connectivity index (χ0) is 20.6. The third-order valence-electron chi connectivity index (χ3n) is 7.03. The summed E-state index contributed by atoms with van der Waals surface area (Å²) in [6.45, 7) is 11.0. The average Bonchev–Trinajstić information content (AvgIpc) is 3.39. The van der Waals surface area contributed by atoms with Crippen molar-refractivity contribution < 1.29 is 9.47 Å². The van der Waals surface area contributed by atoms with Crippen molar-refractivity contribution in [3.63, 3.8) is 0 Å². The van der Waals surface area contributed by atoms with Gasteiger partial charge >= 0.3 is 0 Å². The van der Waals surface area contributed by atoms with E-state index < -0.39 is 0 Å². The Bertz CT molecular complexity index is 728. The summed E-state index contributed by atoms with van der Waals surface area (Å²) < 4.78 is 12.6. The standard InChI is InChI=1S/C24H34N2O2S2/c1-18-10-25(12-22(27-18)20-4-8-29-14-20)16-24(6-3-7-24)17-26-11-19(2)28-23(13-26)21-5-9-30-15-21/h4-5,8-9,14-15,18-19,22-23H,3,6-7,10-13,16-17H2,1-2H3/t18-,19+,22-,23-/m0/s1. The molecule has 4 heterocycles. The van der Waals surface area contributed by atoms with Crippen molar-refractivity contribution in [1.29, 1.82) is 0 Å². The largest absolute Gasteiger partial charge is 0.368 e. The maximum Gasteiger partial charge on any atom is 0.0964 e. The molecular weight excluding hydrogens is 412 g/mol. The monoisotopic (exact) mass is 446 g/mol. The molecule has 30 heavy (non-hydrogen) atoms. The van der Waals surface area contributed by atoms with E-state index in [4.69, 9.17) is 9.47 Å². The SMILES string of the molecule is C[C@@H]1CN(CC2(CN3C[C@@H](c4ccsc4)O[C@@H](C)C3)CCC2)C[C@@H](c2ccsc2)O1. The molecule has 5 rings (SSSR count). The van der Waals surface area contributed by atoms with Crippen LogP contribution in [0.15, 0.2) is 33.7 Å².